The fourth-order valence-corrected chi connectivity index (χ4v) is 0.881. The van der Waals surface area contributed by atoms with Gasteiger partial charge in [-0.05, 0) is 17.7 Å². The van der Waals surface area contributed by atoms with Gasteiger partial charge in [0.1, 0.15) is 0 Å². The lowest BCUT2D eigenvalue weighted by molar-refractivity contribution is 0.185. The van der Waals surface area contributed by atoms with Crippen molar-refractivity contribution in [1.82, 2.24) is 0 Å². The first-order chi connectivity index (χ1) is 5.24. The van der Waals surface area contributed by atoms with Crippen molar-refractivity contribution in [2.45, 2.75) is 6.61 Å². The second-order valence-corrected chi connectivity index (χ2v) is 2.40. The maximum Gasteiger partial charge on any atom is 0.0713 e. The summed E-state index contributed by atoms with van der Waals surface area (Å²) in [5, 5.41) is 0. The number of hydrogen-bond acceptors (Lipinski definition) is 3. The zero-order valence-electron chi connectivity index (χ0n) is 6.50. The molecule has 0 amide bonds. The average molecular weight is 152 g/mol. The Hall–Kier alpha value is -1.22. The minimum Gasteiger partial charge on any atom is -0.397 e. The number of nitrogen functional groups attached to an aromatic ring is 2. The summed E-state index contributed by atoms with van der Waals surface area (Å²) in [6.45, 7) is 0.574. The summed E-state index contributed by atoms with van der Waals surface area (Å²) in [7, 11) is 1.65. The maximum absolute atomic E-state index is 5.57. The molecule has 4 N–H and O–H groups in total. The lowest BCUT2D eigenvalue weighted by Gasteiger charge is -2.02. The van der Waals surface area contributed by atoms with Gasteiger partial charge in [0.05, 0.1) is 18.0 Å². The molecule has 0 heterocycles. The minimum absolute atomic E-state index is 0.574. The first-order valence-electron chi connectivity index (χ1n) is 3.37. The van der Waals surface area contributed by atoms with Crippen LogP contribution in [0.2, 0.25) is 0 Å². The van der Waals surface area contributed by atoms with Crippen molar-refractivity contribution in [2.24, 2.45) is 0 Å². The van der Waals surface area contributed by atoms with Gasteiger partial charge in [-0.25, -0.2) is 0 Å². The molecular weight excluding hydrogens is 140 g/mol. The summed E-state index contributed by atoms with van der Waals surface area (Å²) in [6.07, 6.45) is 0. The summed E-state index contributed by atoms with van der Waals surface area (Å²) >= 11 is 0. The molecule has 0 saturated heterocycles. The molecule has 0 unspecified atom stereocenters. The molecule has 0 radical (unpaired) electrons. The summed E-state index contributed by atoms with van der Waals surface area (Å²) in [5.41, 5.74) is 13.4. The van der Waals surface area contributed by atoms with Crippen LogP contribution in [0.5, 0.6) is 0 Å². The molecule has 1 rings (SSSR count). The van der Waals surface area contributed by atoms with Crippen LogP contribution in [0.15, 0.2) is 18.2 Å². The molecule has 3 heteroatoms. The van der Waals surface area contributed by atoms with E-state index >= 15 is 0 Å². The standard InChI is InChI=1S/C8H12N2O/c1-11-5-6-2-3-7(9)8(10)4-6/h2-4H,5,9-10H2,1H3. The number of rotatable bonds is 2. The molecule has 0 spiro atoms. The monoisotopic (exact) mass is 152 g/mol. The highest BCUT2D eigenvalue weighted by Crippen LogP contribution is 2.15. The summed E-state index contributed by atoms with van der Waals surface area (Å²) in [5.74, 6) is 0. The van der Waals surface area contributed by atoms with Crippen molar-refractivity contribution in [3.05, 3.63) is 23.8 Å². The highest BCUT2D eigenvalue weighted by atomic mass is 16.5. The van der Waals surface area contributed by atoms with Crippen LogP contribution in [0.4, 0.5) is 11.4 Å². The van der Waals surface area contributed by atoms with Crippen molar-refractivity contribution in [3.63, 3.8) is 0 Å². The first kappa shape index (κ1) is 7.88. The lowest BCUT2D eigenvalue weighted by Crippen LogP contribution is -1.96. The number of hydrogen-bond donors (Lipinski definition) is 2. The zero-order valence-corrected chi connectivity index (χ0v) is 6.50. The van der Waals surface area contributed by atoms with Gasteiger partial charge in [0.25, 0.3) is 0 Å². The van der Waals surface area contributed by atoms with Gasteiger partial charge in [0.2, 0.25) is 0 Å². The van der Waals surface area contributed by atoms with Crippen LogP contribution in [0.1, 0.15) is 5.56 Å². The fraction of sp³-hybridized carbons (Fsp3) is 0.250. The minimum atomic E-state index is 0.574. The van der Waals surface area contributed by atoms with Crippen LogP contribution < -0.4 is 11.5 Å². The fourth-order valence-electron chi connectivity index (χ4n) is 0.881. The van der Waals surface area contributed by atoms with Gasteiger partial charge in [-0.3, -0.25) is 0 Å². The molecule has 0 fully saturated rings. The predicted molar refractivity (Wildman–Crippen MR) is 46.0 cm³/mol. The molecule has 3 nitrogen and oxygen atoms in total. The van der Waals surface area contributed by atoms with E-state index in [1.54, 1.807) is 13.2 Å². The third kappa shape index (κ3) is 1.85. The lowest BCUT2D eigenvalue weighted by atomic mass is 10.2. The predicted octanol–water partition coefficient (Wildman–Crippen LogP) is 0.997. The second-order valence-electron chi connectivity index (χ2n) is 2.40. The molecule has 0 aromatic heterocycles. The third-order valence-electron chi connectivity index (χ3n) is 1.46. The van der Waals surface area contributed by atoms with Gasteiger partial charge in [0.15, 0.2) is 0 Å². The van der Waals surface area contributed by atoms with Crippen LogP contribution in [-0.4, -0.2) is 7.11 Å². The Bertz CT molecular complexity index is 248. The number of methoxy groups -OCH3 is 1. The van der Waals surface area contributed by atoms with Crippen molar-refractivity contribution in [1.29, 1.82) is 0 Å². The SMILES string of the molecule is COCc1ccc(N)c(N)c1. The van der Waals surface area contributed by atoms with Crippen LogP contribution in [0.3, 0.4) is 0 Å². The molecule has 0 aliphatic rings. The Kier molecular flexibility index (Phi) is 2.33. The molecule has 60 valence electrons. The van der Waals surface area contributed by atoms with Gasteiger partial charge in [-0.2, -0.15) is 0 Å². The molecule has 0 aliphatic carbocycles. The Labute approximate surface area is 66.0 Å². The molecular formula is C8H12N2O. The zero-order chi connectivity index (χ0) is 8.27. The van der Waals surface area contributed by atoms with Gasteiger partial charge in [-0.15, -0.1) is 0 Å². The maximum atomic E-state index is 5.57. The number of ether oxygens (including phenoxy) is 1. The van der Waals surface area contributed by atoms with E-state index in [1.807, 2.05) is 12.1 Å². The smallest absolute Gasteiger partial charge is 0.0713 e. The average Bonchev–Trinajstić information content (AvgIpc) is 1.98. The molecule has 0 atom stereocenters. The van der Waals surface area contributed by atoms with Crippen LogP contribution in [-0.2, 0) is 11.3 Å². The first-order valence-corrected chi connectivity index (χ1v) is 3.37. The quantitative estimate of drug-likeness (QED) is 0.621. The Balaban J connectivity index is 2.86. The van der Waals surface area contributed by atoms with Crippen molar-refractivity contribution < 1.29 is 4.74 Å². The number of anilines is 2. The summed E-state index contributed by atoms with van der Waals surface area (Å²) in [4.78, 5) is 0. The number of nitrogens with two attached hydrogens (primary N) is 2. The highest BCUT2D eigenvalue weighted by Gasteiger charge is 1.95. The van der Waals surface area contributed by atoms with E-state index in [0.29, 0.717) is 18.0 Å². The van der Waals surface area contributed by atoms with Gasteiger partial charge in [0, 0.05) is 7.11 Å². The van der Waals surface area contributed by atoms with Gasteiger partial charge < -0.3 is 16.2 Å². The normalized spacial score (nSPS) is 9.91. The Morgan fingerprint density at radius 3 is 2.55 bits per heavy atom. The third-order valence-corrected chi connectivity index (χ3v) is 1.46. The molecule has 0 bridgehead atoms. The van der Waals surface area contributed by atoms with Crippen LogP contribution in [0, 0.1) is 0 Å². The van der Waals surface area contributed by atoms with Crippen molar-refractivity contribution in [2.75, 3.05) is 18.6 Å². The van der Waals surface area contributed by atoms with Crippen LogP contribution in [0.25, 0.3) is 0 Å². The molecule has 0 saturated carbocycles. The van der Waals surface area contributed by atoms with E-state index in [0.717, 1.165) is 5.56 Å². The number of benzene rings is 1. The summed E-state index contributed by atoms with van der Waals surface area (Å²) in [6, 6.07) is 5.50. The van der Waals surface area contributed by atoms with E-state index in [1.165, 1.54) is 0 Å². The van der Waals surface area contributed by atoms with Gasteiger partial charge in [-0.1, -0.05) is 6.07 Å². The topological polar surface area (TPSA) is 61.3 Å². The van der Waals surface area contributed by atoms with Crippen molar-refractivity contribution >= 4 is 11.4 Å². The molecule has 0 aliphatic heterocycles. The van der Waals surface area contributed by atoms with E-state index in [2.05, 4.69) is 0 Å². The molecule has 11 heavy (non-hydrogen) atoms. The molecule has 1 aromatic carbocycles. The summed E-state index contributed by atoms with van der Waals surface area (Å²) < 4.78 is 4.93. The van der Waals surface area contributed by atoms with E-state index in [-0.39, 0.29) is 0 Å². The highest BCUT2D eigenvalue weighted by molar-refractivity contribution is 5.63. The van der Waals surface area contributed by atoms with Crippen LogP contribution >= 0.6 is 0 Å². The van der Waals surface area contributed by atoms with Gasteiger partial charge >= 0.3 is 0 Å². The van der Waals surface area contributed by atoms with E-state index in [9.17, 15) is 0 Å². The Morgan fingerprint density at radius 2 is 2.00 bits per heavy atom. The largest absolute Gasteiger partial charge is 0.397 e. The van der Waals surface area contributed by atoms with E-state index in [4.69, 9.17) is 16.2 Å². The van der Waals surface area contributed by atoms with E-state index < -0.39 is 0 Å². The Morgan fingerprint density at radius 1 is 1.27 bits per heavy atom. The van der Waals surface area contributed by atoms with Crippen molar-refractivity contribution in [3.8, 4) is 0 Å². The second kappa shape index (κ2) is 3.25. The molecule has 1 aromatic rings.